The maximum absolute atomic E-state index is 5.80. The topological polar surface area (TPSA) is 73.1 Å². The number of rotatable bonds is 7. The largest absolute Gasteiger partial charge is 0.389 e. The highest BCUT2D eigenvalue weighted by Gasteiger charge is 2.16. The lowest BCUT2D eigenvalue weighted by Crippen LogP contribution is -2.28. The minimum absolute atomic E-state index is 0.180. The van der Waals surface area contributed by atoms with Crippen LogP contribution in [0.4, 0.5) is 5.82 Å². The smallest absolute Gasteiger partial charge is 0.159 e. The summed E-state index contributed by atoms with van der Waals surface area (Å²) in [4.78, 5) is 0.339. The van der Waals surface area contributed by atoms with Crippen molar-refractivity contribution in [3.63, 3.8) is 0 Å². The lowest BCUT2D eigenvalue weighted by molar-refractivity contribution is 0.182. The highest BCUT2D eigenvalue weighted by molar-refractivity contribution is 7.80. The zero-order chi connectivity index (χ0) is 14.4. The zero-order valence-electron chi connectivity index (χ0n) is 12.0. The monoisotopic (exact) mass is 282 g/mol. The molecular weight excluding hydrogens is 260 g/mol. The number of nitrogens with zero attached hydrogens (tertiary/aromatic N) is 2. The number of thiocarbonyl (C=S) groups is 1. The number of ether oxygens (including phenoxy) is 1. The summed E-state index contributed by atoms with van der Waals surface area (Å²) in [5.41, 5.74) is 8.39. The number of methoxy groups -OCH3 is 1. The molecule has 1 atom stereocenters. The normalized spacial score (nSPS) is 12.2. The Kier molecular flexibility index (Phi) is 6.11. The molecule has 1 heterocycles. The molecule has 1 unspecified atom stereocenters. The van der Waals surface area contributed by atoms with Crippen molar-refractivity contribution in [1.82, 2.24) is 10.2 Å². The number of hydrogen-bond acceptors (Lipinski definition) is 5. The molecule has 0 aliphatic rings. The van der Waals surface area contributed by atoms with Crippen molar-refractivity contribution >= 4 is 23.0 Å². The third-order valence-electron chi connectivity index (χ3n) is 3.05. The molecule has 5 nitrogen and oxygen atoms in total. The molecule has 106 valence electrons. The Morgan fingerprint density at radius 2 is 2.11 bits per heavy atom. The van der Waals surface area contributed by atoms with E-state index in [1.807, 2.05) is 13.8 Å². The van der Waals surface area contributed by atoms with Gasteiger partial charge >= 0.3 is 0 Å². The molecule has 0 aliphatic heterocycles. The Labute approximate surface area is 119 Å². The molecule has 0 fully saturated rings. The molecule has 19 heavy (non-hydrogen) atoms. The van der Waals surface area contributed by atoms with Crippen molar-refractivity contribution in [3.05, 3.63) is 16.8 Å². The van der Waals surface area contributed by atoms with Crippen LogP contribution in [0.25, 0.3) is 0 Å². The summed E-state index contributed by atoms with van der Waals surface area (Å²) in [6, 6.07) is 0.180. The number of aryl methyl sites for hydroxylation is 1. The molecule has 0 saturated carbocycles. The van der Waals surface area contributed by atoms with Crippen LogP contribution in [-0.2, 0) is 4.74 Å². The van der Waals surface area contributed by atoms with Gasteiger partial charge in [0.1, 0.15) is 4.99 Å². The van der Waals surface area contributed by atoms with Crippen LogP contribution < -0.4 is 11.1 Å². The zero-order valence-corrected chi connectivity index (χ0v) is 12.8. The Morgan fingerprint density at radius 1 is 1.42 bits per heavy atom. The Bertz CT molecular complexity index is 445. The van der Waals surface area contributed by atoms with Gasteiger partial charge in [0.2, 0.25) is 0 Å². The fraction of sp³-hybridized carbons (Fsp3) is 0.615. The molecule has 0 radical (unpaired) electrons. The standard InChI is InChI=1S/C13H22N4OS/c1-5-6-10(7-18-4)15-13-11(12(14)19)8(2)9(3)16-17-13/h10H,5-7H2,1-4H3,(H2,14,19)(H,15,17). The van der Waals surface area contributed by atoms with E-state index in [0.717, 1.165) is 29.7 Å². The Morgan fingerprint density at radius 3 is 2.63 bits per heavy atom. The summed E-state index contributed by atoms with van der Waals surface area (Å²) >= 11 is 5.12. The minimum Gasteiger partial charge on any atom is -0.389 e. The maximum Gasteiger partial charge on any atom is 0.159 e. The van der Waals surface area contributed by atoms with E-state index in [9.17, 15) is 0 Å². The summed E-state index contributed by atoms with van der Waals surface area (Å²) in [7, 11) is 1.69. The second-order valence-electron chi connectivity index (χ2n) is 4.58. The van der Waals surface area contributed by atoms with Crippen LogP contribution in [0.15, 0.2) is 0 Å². The van der Waals surface area contributed by atoms with Crippen LogP contribution in [0.3, 0.4) is 0 Å². The molecule has 0 aromatic carbocycles. The first-order chi connectivity index (χ1) is 9.01. The van der Waals surface area contributed by atoms with Gasteiger partial charge in [-0.15, -0.1) is 5.10 Å². The minimum atomic E-state index is 0.180. The van der Waals surface area contributed by atoms with Crippen molar-refractivity contribution in [1.29, 1.82) is 0 Å². The molecule has 0 aliphatic carbocycles. The molecule has 0 amide bonds. The Hall–Kier alpha value is -1.27. The first-order valence-electron chi connectivity index (χ1n) is 6.40. The molecule has 0 saturated heterocycles. The highest BCUT2D eigenvalue weighted by atomic mass is 32.1. The van der Waals surface area contributed by atoms with Crippen LogP contribution in [-0.4, -0.2) is 34.9 Å². The predicted octanol–water partition coefficient (Wildman–Crippen LogP) is 1.95. The molecule has 1 aromatic rings. The number of hydrogen-bond donors (Lipinski definition) is 2. The number of nitrogens with one attached hydrogen (secondary N) is 1. The van der Waals surface area contributed by atoms with Gasteiger partial charge in [-0.25, -0.2) is 0 Å². The van der Waals surface area contributed by atoms with Gasteiger partial charge in [-0.3, -0.25) is 0 Å². The fourth-order valence-corrected chi connectivity index (χ4v) is 2.20. The Balaban J connectivity index is 3.05. The molecule has 1 aromatic heterocycles. The maximum atomic E-state index is 5.80. The fourth-order valence-electron chi connectivity index (χ4n) is 1.95. The summed E-state index contributed by atoms with van der Waals surface area (Å²) in [6.07, 6.45) is 2.04. The van der Waals surface area contributed by atoms with Crippen LogP contribution in [0, 0.1) is 13.8 Å². The summed E-state index contributed by atoms with van der Waals surface area (Å²) < 4.78 is 5.21. The third kappa shape index (κ3) is 4.11. The molecule has 0 spiro atoms. The van der Waals surface area contributed by atoms with E-state index in [1.165, 1.54) is 0 Å². The second-order valence-corrected chi connectivity index (χ2v) is 5.02. The van der Waals surface area contributed by atoms with Crippen molar-refractivity contribution in [2.75, 3.05) is 19.0 Å². The molecular formula is C13H22N4OS. The lowest BCUT2D eigenvalue weighted by Gasteiger charge is -2.20. The van der Waals surface area contributed by atoms with Crippen LogP contribution in [0.1, 0.15) is 36.6 Å². The van der Waals surface area contributed by atoms with E-state index in [4.69, 9.17) is 22.7 Å². The van der Waals surface area contributed by atoms with Crippen molar-refractivity contribution in [3.8, 4) is 0 Å². The molecule has 1 rings (SSSR count). The van der Waals surface area contributed by atoms with Gasteiger partial charge < -0.3 is 15.8 Å². The SMILES string of the molecule is CCCC(COC)Nc1nnc(C)c(C)c1C(N)=S. The van der Waals surface area contributed by atoms with E-state index in [0.29, 0.717) is 17.4 Å². The first-order valence-corrected chi connectivity index (χ1v) is 6.81. The summed E-state index contributed by atoms with van der Waals surface area (Å²) in [5.74, 6) is 0.645. The average Bonchev–Trinajstić information content (AvgIpc) is 2.34. The van der Waals surface area contributed by atoms with Gasteiger partial charge in [-0.05, 0) is 25.8 Å². The summed E-state index contributed by atoms with van der Waals surface area (Å²) in [5, 5.41) is 11.6. The van der Waals surface area contributed by atoms with Gasteiger partial charge in [-0.2, -0.15) is 5.10 Å². The number of anilines is 1. The van der Waals surface area contributed by atoms with Gasteiger partial charge in [0.15, 0.2) is 5.82 Å². The van der Waals surface area contributed by atoms with Crippen molar-refractivity contribution < 1.29 is 4.74 Å². The molecule has 0 bridgehead atoms. The van der Waals surface area contributed by atoms with Crippen molar-refractivity contribution in [2.24, 2.45) is 5.73 Å². The molecule has 6 heteroatoms. The van der Waals surface area contributed by atoms with E-state index in [-0.39, 0.29) is 6.04 Å². The second kappa shape index (κ2) is 7.35. The number of nitrogens with two attached hydrogens (primary N) is 1. The molecule has 3 N–H and O–H groups in total. The average molecular weight is 282 g/mol. The van der Waals surface area contributed by atoms with Gasteiger partial charge in [0, 0.05) is 7.11 Å². The van der Waals surface area contributed by atoms with Gasteiger partial charge in [0.25, 0.3) is 0 Å². The van der Waals surface area contributed by atoms with Crippen LogP contribution in [0.2, 0.25) is 0 Å². The van der Waals surface area contributed by atoms with Crippen LogP contribution in [0.5, 0.6) is 0 Å². The first kappa shape index (κ1) is 15.8. The van der Waals surface area contributed by atoms with E-state index < -0.39 is 0 Å². The highest BCUT2D eigenvalue weighted by Crippen LogP contribution is 2.19. The van der Waals surface area contributed by atoms with E-state index in [1.54, 1.807) is 7.11 Å². The lowest BCUT2D eigenvalue weighted by atomic mass is 10.1. The van der Waals surface area contributed by atoms with Crippen LogP contribution >= 0.6 is 12.2 Å². The van der Waals surface area contributed by atoms with E-state index >= 15 is 0 Å². The van der Waals surface area contributed by atoms with Gasteiger partial charge in [0.05, 0.1) is 23.9 Å². The third-order valence-corrected chi connectivity index (χ3v) is 3.25. The predicted molar refractivity (Wildman–Crippen MR) is 81.6 cm³/mol. The van der Waals surface area contributed by atoms with Gasteiger partial charge in [-0.1, -0.05) is 25.6 Å². The number of aromatic nitrogens is 2. The quantitative estimate of drug-likeness (QED) is 0.745. The van der Waals surface area contributed by atoms with Crippen molar-refractivity contribution in [2.45, 2.75) is 39.7 Å². The van der Waals surface area contributed by atoms with E-state index in [2.05, 4.69) is 22.4 Å². The summed E-state index contributed by atoms with van der Waals surface area (Å²) in [6.45, 7) is 6.59.